The van der Waals surface area contributed by atoms with Crippen molar-refractivity contribution in [2.75, 3.05) is 11.9 Å². The molecule has 2 aliphatic rings. The standard InChI is InChI=1S/C21H24ClN5O2/c22-17-2-1-3-18-16(17)11-19(24-18)21(29)26-8-9-27-14(12-26)10-20(25-27)23-13-4-6-15(28)7-5-13/h1-3,10-11,13,15,24,28H,4-9,12H2,(H,23,25). The summed E-state index contributed by atoms with van der Waals surface area (Å²) in [5, 5.41) is 19.3. The molecule has 1 amide bonds. The summed E-state index contributed by atoms with van der Waals surface area (Å²) in [6, 6.07) is 9.84. The van der Waals surface area contributed by atoms with Crippen molar-refractivity contribution < 1.29 is 9.90 Å². The molecule has 29 heavy (non-hydrogen) atoms. The first-order chi connectivity index (χ1) is 14.1. The number of nitrogens with one attached hydrogen (secondary N) is 2. The third kappa shape index (κ3) is 3.60. The van der Waals surface area contributed by atoms with E-state index in [0.717, 1.165) is 48.1 Å². The molecule has 0 unspecified atom stereocenters. The first-order valence-corrected chi connectivity index (χ1v) is 10.5. The van der Waals surface area contributed by atoms with Crippen LogP contribution in [0.15, 0.2) is 30.3 Å². The number of amides is 1. The molecule has 3 heterocycles. The maximum Gasteiger partial charge on any atom is 0.270 e. The van der Waals surface area contributed by atoms with Crippen LogP contribution < -0.4 is 5.32 Å². The van der Waals surface area contributed by atoms with Gasteiger partial charge in [-0.05, 0) is 43.9 Å². The van der Waals surface area contributed by atoms with Crippen LogP contribution in [0.1, 0.15) is 41.9 Å². The molecule has 0 spiro atoms. The average molecular weight is 414 g/mol. The Hall–Kier alpha value is -2.51. The Morgan fingerprint density at radius 1 is 1.21 bits per heavy atom. The number of rotatable bonds is 3. The van der Waals surface area contributed by atoms with Crippen molar-refractivity contribution in [2.24, 2.45) is 0 Å². The van der Waals surface area contributed by atoms with Gasteiger partial charge in [0.2, 0.25) is 0 Å². The third-order valence-electron chi connectivity index (χ3n) is 5.98. The van der Waals surface area contributed by atoms with Gasteiger partial charge in [-0.2, -0.15) is 5.10 Å². The zero-order valence-electron chi connectivity index (χ0n) is 16.1. The fourth-order valence-corrected chi connectivity index (χ4v) is 4.57. The molecule has 1 aliphatic heterocycles. The highest BCUT2D eigenvalue weighted by Crippen LogP contribution is 2.26. The molecule has 0 bridgehead atoms. The van der Waals surface area contributed by atoms with E-state index in [4.69, 9.17) is 11.6 Å². The second kappa shape index (κ2) is 7.39. The number of H-pyrrole nitrogens is 1. The van der Waals surface area contributed by atoms with Crippen molar-refractivity contribution in [3.8, 4) is 0 Å². The lowest BCUT2D eigenvalue weighted by Crippen LogP contribution is -2.38. The second-order valence-corrected chi connectivity index (χ2v) is 8.41. The van der Waals surface area contributed by atoms with Crippen molar-refractivity contribution in [3.05, 3.63) is 46.7 Å². The van der Waals surface area contributed by atoms with Crippen molar-refractivity contribution in [1.29, 1.82) is 0 Å². The van der Waals surface area contributed by atoms with Crippen LogP contribution in [0.4, 0.5) is 5.82 Å². The number of aliphatic hydroxyl groups is 1. The van der Waals surface area contributed by atoms with Crippen LogP contribution in [0.25, 0.3) is 10.9 Å². The molecular weight excluding hydrogens is 390 g/mol. The Labute approximate surface area is 173 Å². The summed E-state index contributed by atoms with van der Waals surface area (Å²) < 4.78 is 1.98. The highest BCUT2D eigenvalue weighted by atomic mass is 35.5. The predicted molar refractivity (Wildman–Crippen MR) is 112 cm³/mol. The molecule has 1 fully saturated rings. The van der Waals surface area contributed by atoms with Crippen LogP contribution in [0.5, 0.6) is 0 Å². The lowest BCUT2D eigenvalue weighted by molar-refractivity contribution is 0.0701. The van der Waals surface area contributed by atoms with Gasteiger partial charge in [-0.3, -0.25) is 9.48 Å². The molecule has 7 nitrogen and oxygen atoms in total. The number of aromatic nitrogens is 3. The summed E-state index contributed by atoms with van der Waals surface area (Å²) in [6.07, 6.45) is 3.42. The van der Waals surface area contributed by atoms with E-state index in [2.05, 4.69) is 15.4 Å². The van der Waals surface area contributed by atoms with Gasteiger partial charge in [-0.15, -0.1) is 0 Å². The number of aliphatic hydroxyl groups excluding tert-OH is 1. The van der Waals surface area contributed by atoms with Crippen LogP contribution >= 0.6 is 11.6 Å². The van der Waals surface area contributed by atoms with Crippen molar-refractivity contribution in [1.82, 2.24) is 19.7 Å². The van der Waals surface area contributed by atoms with E-state index in [0.29, 0.717) is 36.4 Å². The van der Waals surface area contributed by atoms with Crippen LogP contribution in [0.3, 0.4) is 0 Å². The highest BCUT2D eigenvalue weighted by molar-refractivity contribution is 6.35. The Morgan fingerprint density at radius 3 is 2.83 bits per heavy atom. The van der Waals surface area contributed by atoms with Gasteiger partial charge < -0.3 is 20.3 Å². The number of benzene rings is 1. The normalized spacial score (nSPS) is 21.9. The Morgan fingerprint density at radius 2 is 2.03 bits per heavy atom. The molecule has 1 aromatic carbocycles. The fourth-order valence-electron chi connectivity index (χ4n) is 4.34. The lowest BCUT2D eigenvalue weighted by Gasteiger charge is -2.27. The summed E-state index contributed by atoms with van der Waals surface area (Å²) in [7, 11) is 0. The van der Waals surface area contributed by atoms with Gasteiger partial charge >= 0.3 is 0 Å². The molecule has 0 radical (unpaired) electrons. The maximum atomic E-state index is 13.0. The molecule has 0 saturated heterocycles. The van der Waals surface area contributed by atoms with Gasteiger partial charge in [0.25, 0.3) is 5.91 Å². The average Bonchev–Trinajstić information content (AvgIpc) is 3.33. The summed E-state index contributed by atoms with van der Waals surface area (Å²) in [5.41, 5.74) is 2.45. The number of carbonyl (C=O) groups excluding carboxylic acids is 1. The summed E-state index contributed by atoms with van der Waals surface area (Å²) >= 11 is 6.24. The van der Waals surface area contributed by atoms with Crippen LogP contribution in [-0.2, 0) is 13.1 Å². The summed E-state index contributed by atoms with van der Waals surface area (Å²) in [6.45, 7) is 1.82. The molecule has 3 N–H and O–H groups in total. The first kappa shape index (κ1) is 18.5. The van der Waals surface area contributed by atoms with Crippen LogP contribution in [0.2, 0.25) is 5.02 Å². The van der Waals surface area contributed by atoms with Gasteiger partial charge in [0.15, 0.2) is 0 Å². The van der Waals surface area contributed by atoms with E-state index in [9.17, 15) is 9.90 Å². The molecule has 2 aromatic heterocycles. The van der Waals surface area contributed by atoms with E-state index in [-0.39, 0.29) is 12.0 Å². The Balaban J connectivity index is 1.29. The van der Waals surface area contributed by atoms with E-state index in [1.165, 1.54) is 0 Å². The van der Waals surface area contributed by atoms with Gasteiger partial charge in [-0.1, -0.05) is 17.7 Å². The summed E-state index contributed by atoms with van der Waals surface area (Å²) in [5.74, 6) is 0.827. The number of nitrogens with zero attached hydrogens (tertiary/aromatic N) is 3. The molecule has 1 saturated carbocycles. The second-order valence-electron chi connectivity index (χ2n) is 8.00. The highest BCUT2D eigenvalue weighted by Gasteiger charge is 2.26. The zero-order chi connectivity index (χ0) is 20.0. The van der Waals surface area contributed by atoms with Crippen molar-refractivity contribution in [2.45, 2.75) is 50.9 Å². The van der Waals surface area contributed by atoms with Gasteiger partial charge in [0, 0.05) is 34.6 Å². The van der Waals surface area contributed by atoms with Gasteiger partial charge in [0.1, 0.15) is 11.5 Å². The van der Waals surface area contributed by atoms with E-state index < -0.39 is 0 Å². The van der Waals surface area contributed by atoms with E-state index in [1.807, 2.05) is 39.9 Å². The van der Waals surface area contributed by atoms with Crippen molar-refractivity contribution >= 4 is 34.2 Å². The number of aromatic amines is 1. The smallest absolute Gasteiger partial charge is 0.270 e. The first-order valence-electron chi connectivity index (χ1n) is 10.1. The van der Waals surface area contributed by atoms with E-state index >= 15 is 0 Å². The SMILES string of the molecule is O=C(c1cc2c(Cl)cccc2[nH]1)N1CCn2nc(NC3CCC(O)CC3)cc2C1. The minimum atomic E-state index is -0.164. The number of carbonyl (C=O) groups is 1. The van der Waals surface area contributed by atoms with Crippen LogP contribution in [-0.4, -0.2) is 49.4 Å². The zero-order valence-corrected chi connectivity index (χ0v) is 16.8. The fraction of sp³-hybridized carbons (Fsp3) is 0.429. The maximum absolute atomic E-state index is 13.0. The number of hydrogen-bond donors (Lipinski definition) is 3. The number of hydrogen-bond acceptors (Lipinski definition) is 4. The molecule has 3 aromatic rings. The monoisotopic (exact) mass is 413 g/mol. The van der Waals surface area contributed by atoms with Crippen molar-refractivity contribution in [3.63, 3.8) is 0 Å². The number of anilines is 1. The molecular formula is C21H24ClN5O2. The van der Waals surface area contributed by atoms with E-state index in [1.54, 1.807) is 0 Å². The minimum absolute atomic E-state index is 0.0273. The largest absolute Gasteiger partial charge is 0.393 e. The Kier molecular flexibility index (Phi) is 4.72. The molecule has 1 aliphatic carbocycles. The molecule has 152 valence electrons. The molecule has 8 heteroatoms. The molecule has 0 atom stereocenters. The third-order valence-corrected chi connectivity index (χ3v) is 6.30. The Bertz CT molecular complexity index is 1050. The van der Waals surface area contributed by atoms with Crippen LogP contribution in [0, 0.1) is 0 Å². The topological polar surface area (TPSA) is 86.2 Å². The van der Waals surface area contributed by atoms with Gasteiger partial charge in [0.05, 0.1) is 24.9 Å². The quantitative estimate of drug-likeness (QED) is 0.614. The number of fused-ring (bicyclic) bond motifs is 2. The molecule has 5 rings (SSSR count). The number of halogens is 1. The van der Waals surface area contributed by atoms with Gasteiger partial charge in [-0.25, -0.2) is 0 Å². The lowest BCUT2D eigenvalue weighted by atomic mass is 9.93. The minimum Gasteiger partial charge on any atom is -0.393 e. The summed E-state index contributed by atoms with van der Waals surface area (Å²) in [4.78, 5) is 18.1. The predicted octanol–water partition coefficient (Wildman–Crippen LogP) is 3.39.